The molecular formula is C14H22N6O. The van der Waals surface area contributed by atoms with Crippen molar-refractivity contribution in [2.45, 2.75) is 32.8 Å². The molecule has 21 heavy (non-hydrogen) atoms. The molecule has 1 aliphatic heterocycles. The largest absolute Gasteiger partial charge is 0.378 e. The van der Waals surface area contributed by atoms with Gasteiger partial charge in [0.1, 0.15) is 5.82 Å². The van der Waals surface area contributed by atoms with E-state index in [0.717, 1.165) is 49.4 Å². The van der Waals surface area contributed by atoms with Crippen LogP contribution in [-0.4, -0.2) is 46.0 Å². The fraction of sp³-hybridized carbons (Fsp3) is 0.643. The van der Waals surface area contributed by atoms with E-state index in [2.05, 4.69) is 37.7 Å². The molecule has 3 heterocycles. The van der Waals surface area contributed by atoms with Crippen molar-refractivity contribution >= 4 is 22.8 Å². The van der Waals surface area contributed by atoms with E-state index < -0.39 is 0 Å². The molecule has 0 radical (unpaired) electrons. The van der Waals surface area contributed by atoms with E-state index in [9.17, 15) is 0 Å². The van der Waals surface area contributed by atoms with Crippen molar-refractivity contribution in [3.05, 3.63) is 6.20 Å². The summed E-state index contributed by atoms with van der Waals surface area (Å²) < 4.78 is 5.73. The third kappa shape index (κ3) is 2.92. The Morgan fingerprint density at radius 2 is 2.24 bits per heavy atom. The second kappa shape index (κ2) is 6.26. The van der Waals surface area contributed by atoms with E-state index in [1.165, 1.54) is 0 Å². The molecule has 3 N–H and O–H groups in total. The predicted octanol–water partition coefficient (Wildman–Crippen LogP) is 2.01. The van der Waals surface area contributed by atoms with E-state index in [0.29, 0.717) is 18.0 Å². The fourth-order valence-corrected chi connectivity index (χ4v) is 2.81. The van der Waals surface area contributed by atoms with Gasteiger partial charge in [-0.05, 0) is 19.8 Å². The third-order valence-electron chi connectivity index (χ3n) is 3.93. The van der Waals surface area contributed by atoms with Crippen molar-refractivity contribution in [2.75, 3.05) is 30.3 Å². The van der Waals surface area contributed by atoms with Gasteiger partial charge in [0, 0.05) is 25.6 Å². The van der Waals surface area contributed by atoms with Crippen LogP contribution in [0.5, 0.6) is 0 Å². The lowest BCUT2D eigenvalue weighted by Gasteiger charge is -2.18. The first kappa shape index (κ1) is 14.1. The number of aromatic amines is 1. The molecule has 2 atom stereocenters. The Hall–Kier alpha value is -1.89. The molecule has 2 unspecified atom stereocenters. The Morgan fingerprint density at radius 1 is 1.33 bits per heavy atom. The molecule has 0 saturated carbocycles. The minimum absolute atomic E-state index is 0.354. The van der Waals surface area contributed by atoms with Gasteiger partial charge in [0.05, 0.1) is 17.7 Å². The molecule has 0 bridgehead atoms. The molecule has 114 valence electrons. The Labute approximate surface area is 123 Å². The molecule has 7 nitrogen and oxygen atoms in total. The molecule has 2 aromatic rings. The minimum atomic E-state index is 0.354. The molecule has 7 heteroatoms. The van der Waals surface area contributed by atoms with Gasteiger partial charge in [0.15, 0.2) is 5.65 Å². The summed E-state index contributed by atoms with van der Waals surface area (Å²) in [5.41, 5.74) is 0.748. The first-order valence-corrected chi connectivity index (χ1v) is 7.62. The van der Waals surface area contributed by atoms with Crippen LogP contribution in [0.1, 0.15) is 26.7 Å². The molecule has 0 amide bonds. The van der Waals surface area contributed by atoms with Crippen LogP contribution >= 0.6 is 0 Å². The van der Waals surface area contributed by atoms with E-state index >= 15 is 0 Å². The van der Waals surface area contributed by atoms with Gasteiger partial charge in [-0.25, -0.2) is 0 Å². The van der Waals surface area contributed by atoms with Gasteiger partial charge < -0.3 is 15.4 Å². The maximum Gasteiger partial charge on any atom is 0.226 e. The SMILES string of the molecule is CCNc1nc(NCC2CCOC2CC)c2cn[nH]c2n1. The van der Waals surface area contributed by atoms with Crippen molar-refractivity contribution in [1.29, 1.82) is 0 Å². The van der Waals surface area contributed by atoms with Gasteiger partial charge in [0.25, 0.3) is 0 Å². The Kier molecular flexibility index (Phi) is 4.19. The summed E-state index contributed by atoms with van der Waals surface area (Å²) >= 11 is 0. The van der Waals surface area contributed by atoms with Crippen LogP contribution in [0.4, 0.5) is 11.8 Å². The highest BCUT2D eigenvalue weighted by Crippen LogP contribution is 2.25. The van der Waals surface area contributed by atoms with Crippen LogP contribution in [0.2, 0.25) is 0 Å². The summed E-state index contributed by atoms with van der Waals surface area (Å²) in [6, 6.07) is 0. The maximum absolute atomic E-state index is 5.73. The number of hydrogen-bond donors (Lipinski definition) is 3. The quantitative estimate of drug-likeness (QED) is 0.754. The molecule has 0 aliphatic carbocycles. The monoisotopic (exact) mass is 290 g/mol. The number of rotatable bonds is 6. The summed E-state index contributed by atoms with van der Waals surface area (Å²) in [7, 11) is 0. The molecule has 0 aromatic carbocycles. The smallest absolute Gasteiger partial charge is 0.226 e. The van der Waals surface area contributed by atoms with Crippen LogP contribution in [-0.2, 0) is 4.74 Å². The van der Waals surface area contributed by atoms with Crippen LogP contribution in [0.3, 0.4) is 0 Å². The average Bonchev–Trinajstić information content (AvgIpc) is 3.13. The van der Waals surface area contributed by atoms with Gasteiger partial charge in [-0.15, -0.1) is 0 Å². The van der Waals surface area contributed by atoms with E-state index in [1.807, 2.05) is 6.92 Å². The molecule has 2 aromatic heterocycles. The van der Waals surface area contributed by atoms with E-state index in [4.69, 9.17) is 4.74 Å². The van der Waals surface area contributed by atoms with Crippen molar-refractivity contribution in [2.24, 2.45) is 5.92 Å². The number of hydrogen-bond acceptors (Lipinski definition) is 6. The van der Waals surface area contributed by atoms with Gasteiger partial charge in [-0.3, -0.25) is 5.10 Å². The Bertz CT molecular complexity index is 598. The van der Waals surface area contributed by atoms with Gasteiger partial charge in [-0.1, -0.05) is 6.92 Å². The minimum Gasteiger partial charge on any atom is -0.378 e. The van der Waals surface area contributed by atoms with Crippen molar-refractivity contribution in [1.82, 2.24) is 20.2 Å². The number of aromatic nitrogens is 4. The second-order valence-electron chi connectivity index (χ2n) is 5.31. The fourth-order valence-electron chi connectivity index (χ4n) is 2.81. The highest BCUT2D eigenvalue weighted by molar-refractivity contribution is 5.86. The second-order valence-corrected chi connectivity index (χ2v) is 5.31. The lowest BCUT2D eigenvalue weighted by atomic mass is 10.00. The van der Waals surface area contributed by atoms with E-state index in [-0.39, 0.29) is 0 Å². The van der Waals surface area contributed by atoms with E-state index in [1.54, 1.807) is 6.20 Å². The summed E-state index contributed by atoms with van der Waals surface area (Å²) in [5, 5.41) is 14.5. The van der Waals surface area contributed by atoms with Crippen LogP contribution < -0.4 is 10.6 Å². The van der Waals surface area contributed by atoms with Gasteiger partial charge in [0.2, 0.25) is 5.95 Å². The number of anilines is 2. The molecule has 1 fully saturated rings. The number of H-pyrrole nitrogens is 1. The molecule has 0 spiro atoms. The van der Waals surface area contributed by atoms with Crippen LogP contribution in [0, 0.1) is 5.92 Å². The lowest BCUT2D eigenvalue weighted by molar-refractivity contribution is 0.0900. The Morgan fingerprint density at radius 3 is 3.05 bits per heavy atom. The molecular weight excluding hydrogens is 268 g/mol. The first-order chi connectivity index (χ1) is 10.3. The third-order valence-corrected chi connectivity index (χ3v) is 3.93. The Balaban J connectivity index is 1.77. The predicted molar refractivity (Wildman–Crippen MR) is 82.5 cm³/mol. The average molecular weight is 290 g/mol. The van der Waals surface area contributed by atoms with Gasteiger partial charge in [-0.2, -0.15) is 15.1 Å². The summed E-state index contributed by atoms with van der Waals surface area (Å²) in [4.78, 5) is 8.93. The summed E-state index contributed by atoms with van der Waals surface area (Å²) in [6.45, 7) is 6.70. The van der Waals surface area contributed by atoms with Crippen LogP contribution in [0.25, 0.3) is 11.0 Å². The number of ether oxygens (including phenoxy) is 1. The molecule has 1 saturated heterocycles. The lowest BCUT2D eigenvalue weighted by Crippen LogP contribution is -2.23. The number of nitrogens with one attached hydrogen (secondary N) is 3. The standard InChI is InChI=1S/C14H22N6O/c1-3-11-9(5-6-21-11)7-16-12-10-8-17-20-13(10)19-14(18-12)15-4-2/h8-9,11H,3-7H2,1-2H3,(H3,15,16,17,18,19,20). The zero-order valence-electron chi connectivity index (χ0n) is 12.5. The topological polar surface area (TPSA) is 87.8 Å². The zero-order chi connectivity index (χ0) is 14.7. The number of nitrogens with zero attached hydrogens (tertiary/aromatic N) is 3. The highest BCUT2D eigenvalue weighted by Gasteiger charge is 2.26. The molecule has 1 aliphatic rings. The van der Waals surface area contributed by atoms with Crippen molar-refractivity contribution < 1.29 is 4.74 Å². The van der Waals surface area contributed by atoms with Crippen molar-refractivity contribution in [3.63, 3.8) is 0 Å². The summed E-state index contributed by atoms with van der Waals surface area (Å²) in [6.07, 6.45) is 4.27. The van der Waals surface area contributed by atoms with Crippen molar-refractivity contribution in [3.8, 4) is 0 Å². The highest BCUT2D eigenvalue weighted by atomic mass is 16.5. The first-order valence-electron chi connectivity index (χ1n) is 7.62. The molecule has 3 rings (SSSR count). The number of fused-ring (bicyclic) bond motifs is 1. The normalized spacial score (nSPS) is 21.8. The maximum atomic E-state index is 5.73. The zero-order valence-corrected chi connectivity index (χ0v) is 12.5. The van der Waals surface area contributed by atoms with Crippen LogP contribution in [0.15, 0.2) is 6.20 Å². The summed E-state index contributed by atoms with van der Waals surface area (Å²) in [5.74, 6) is 1.98. The van der Waals surface area contributed by atoms with Gasteiger partial charge >= 0.3 is 0 Å².